The molecule has 3 aromatic heterocycles. The minimum absolute atomic E-state index is 0.0860. The van der Waals surface area contributed by atoms with E-state index in [4.69, 9.17) is 0 Å². The molecule has 0 saturated carbocycles. The van der Waals surface area contributed by atoms with Crippen LogP contribution in [-0.2, 0) is 4.79 Å². The fourth-order valence-electron chi connectivity index (χ4n) is 3.87. The van der Waals surface area contributed by atoms with Crippen molar-refractivity contribution in [3.63, 3.8) is 0 Å². The van der Waals surface area contributed by atoms with Gasteiger partial charge in [-0.05, 0) is 18.9 Å². The molecule has 2 atom stereocenters. The second-order valence-corrected chi connectivity index (χ2v) is 7.04. The number of alkyl halides is 1. The summed E-state index contributed by atoms with van der Waals surface area (Å²) in [4.78, 5) is 20.7. The first-order valence-corrected chi connectivity index (χ1v) is 9.08. The van der Waals surface area contributed by atoms with Crippen LogP contribution < -0.4 is 5.32 Å². The number of hydrogen-bond donors (Lipinski definition) is 2. The molecular weight excluding hydrogens is 347 g/mol. The Bertz CT molecular complexity index is 993. The molecule has 1 fully saturated rings. The van der Waals surface area contributed by atoms with Gasteiger partial charge in [0.25, 0.3) is 0 Å². The average molecular weight is 370 g/mol. The largest absolute Gasteiger partial charge is 0.387 e. The van der Waals surface area contributed by atoms with Gasteiger partial charge in [-0.25, -0.2) is 9.37 Å². The summed E-state index contributed by atoms with van der Waals surface area (Å²) in [6, 6.07) is -0.363. The lowest BCUT2D eigenvalue weighted by Gasteiger charge is -2.34. The van der Waals surface area contributed by atoms with E-state index in [1.165, 1.54) is 6.92 Å². The van der Waals surface area contributed by atoms with Crippen molar-refractivity contribution in [3.8, 4) is 11.1 Å². The van der Waals surface area contributed by atoms with Crippen molar-refractivity contribution in [3.05, 3.63) is 30.4 Å². The molecule has 1 aliphatic rings. The second kappa shape index (κ2) is 6.68. The lowest BCUT2D eigenvalue weighted by molar-refractivity contribution is -0.131. The van der Waals surface area contributed by atoms with E-state index in [1.807, 2.05) is 26.4 Å². The van der Waals surface area contributed by atoms with Gasteiger partial charge in [0.05, 0.1) is 24.5 Å². The number of aromatic nitrogens is 4. The Labute approximate surface area is 156 Å². The van der Waals surface area contributed by atoms with Gasteiger partial charge in [0, 0.05) is 55.6 Å². The van der Waals surface area contributed by atoms with Crippen molar-refractivity contribution >= 4 is 22.6 Å². The third kappa shape index (κ3) is 2.94. The minimum Gasteiger partial charge on any atom is -0.387 e. The standard InChI is InChI=1S/C19H23FN6O/c1-11-6-22-19-17(11)18(21-3)14(8-23-19)13-7-24-26(9-13)16-4-5-25(12(2)27)10-15(16)20/h6-9,15-16H,4-5,10H2,1-3H3,(H2,21,22,23)/t15-,16-/m0/s1. The monoisotopic (exact) mass is 370 g/mol. The molecule has 1 saturated heterocycles. The van der Waals surface area contributed by atoms with E-state index >= 15 is 0 Å². The summed E-state index contributed by atoms with van der Waals surface area (Å²) < 4.78 is 16.3. The van der Waals surface area contributed by atoms with Crippen LogP contribution in [0.5, 0.6) is 0 Å². The summed E-state index contributed by atoms with van der Waals surface area (Å²) in [5.41, 5.74) is 4.72. The molecule has 0 aromatic carbocycles. The van der Waals surface area contributed by atoms with E-state index in [2.05, 4.69) is 20.4 Å². The summed E-state index contributed by atoms with van der Waals surface area (Å²) in [5, 5.41) is 8.72. The van der Waals surface area contributed by atoms with Crippen LogP contribution in [0.15, 0.2) is 24.8 Å². The third-order valence-electron chi connectivity index (χ3n) is 5.35. The number of likely N-dealkylation sites (tertiary alicyclic amines) is 1. The van der Waals surface area contributed by atoms with Gasteiger partial charge in [-0.15, -0.1) is 0 Å². The molecule has 0 spiro atoms. The smallest absolute Gasteiger partial charge is 0.219 e. The predicted molar refractivity (Wildman–Crippen MR) is 102 cm³/mol. The molecule has 2 N–H and O–H groups in total. The number of rotatable bonds is 3. The molecule has 3 aromatic rings. The van der Waals surface area contributed by atoms with E-state index in [-0.39, 0.29) is 18.5 Å². The maximum Gasteiger partial charge on any atom is 0.219 e. The first-order chi connectivity index (χ1) is 13.0. The molecule has 0 aliphatic carbocycles. The molecule has 0 unspecified atom stereocenters. The Morgan fingerprint density at radius 3 is 2.93 bits per heavy atom. The van der Waals surface area contributed by atoms with Gasteiger partial charge in [0.15, 0.2) is 0 Å². The van der Waals surface area contributed by atoms with Gasteiger partial charge in [0.1, 0.15) is 11.8 Å². The van der Waals surface area contributed by atoms with E-state index in [0.717, 1.165) is 33.4 Å². The molecule has 8 heteroatoms. The van der Waals surface area contributed by atoms with E-state index in [1.54, 1.807) is 22.0 Å². The van der Waals surface area contributed by atoms with E-state index in [9.17, 15) is 9.18 Å². The summed E-state index contributed by atoms with van der Waals surface area (Å²) in [6.07, 6.45) is 6.77. The van der Waals surface area contributed by atoms with Crippen molar-refractivity contribution < 1.29 is 9.18 Å². The maximum atomic E-state index is 14.6. The highest BCUT2D eigenvalue weighted by atomic mass is 19.1. The van der Waals surface area contributed by atoms with Crippen LogP contribution >= 0.6 is 0 Å². The van der Waals surface area contributed by atoms with Crippen molar-refractivity contribution in [2.24, 2.45) is 0 Å². The van der Waals surface area contributed by atoms with Gasteiger partial charge in [-0.1, -0.05) is 0 Å². The van der Waals surface area contributed by atoms with Crippen LogP contribution in [0.3, 0.4) is 0 Å². The Morgan fingerprint density at radius 1 is 1.41 bits per heavy atom. The molecule has 7 nitrogen and oxygen atoms in total. The second-order valence-electron chi connectivity index (χ2n) is 7.04. The predicted octanol–water partition coefficient (Wildman–Crippen LogP) is 2.91. The summed E-state index contributed by atoms with van der Waals surface area (Å²) in [5.74, 6) is -0.0860. The number of carbonyl (C=O) groups is 1. The maximum absolute atomic E-state index is 14.6. The van der Waals surface area contributed by atoms with Gasteiger partial charge in [-0.3, -0.25) is 9.48 Å². The Morgan fingerprint density at radius 2 is 2.22 bits per heavy atom. The van der Waals surface area contributed by atoms with E-state index < -0.39 is 6.17 Å². The number of anilines is 1. The van der Waals surface area contributed by atoms with Crippen LogP contribution in [0.25, 0.3) is 22.2 Å². The van der Waals surface area contributed by atoms with Crippen molar-refractivity contribution in [1.29, 1.82) is 0 Å². The van der Waals surface area contributed by atoms with Crippen LogP contribution in [0, 0.1) is 6.92 Å². The highest BCUT2D eigenvalue weighted by Crippen LogP contribution is 2.35. The summed E-state index contributed by atoms with van der Waals surface area (Å²) in [6.45, 7) is 4.18. The number of nitrogens with zero attached hydrogens (tertiary/aromatic N) is 4. The van der Waals surface area contributed by atoms with Gasteiger partial charge in [-0.2, -0.15) is 5.10 Å². The number of pyridine rings is 1. The van der Waals surface area contributed by atoms with Gasteiger partial charge < -0.3 is 15.2 Å². The Kier molecular flexibility index (Phi) is 4.33. The average Bonchev–Trinajstić information content (AvgIpc) is 3.28. The Hall–Kier alpha value is -2.90. The van der Waals surface area contributed by atoms with Crippen molar-refractivity contribution in [2.45, 2.75) is 32.5 Å². The first-order valence-electron chi connectivity index (χ1n) is 9.08. The number of amides is 1. The number of aromatic amines is 1. The molecule has 0 radical (unpaired) electrons. The number of piperidine rings is 1. The molecule has 142 valence electrons. The lowest BCUT2D eigenvalue weighted by Crippen LogP contribution is -2.44. The topological polar surface area (TPSA) is 78.8 Å². The van der Waals surface area contributed by atoms with Crippen LogP contribution in [0.4, 0.5) is 10.1 Å². The molecule has 27 heavy (non-hydrogen) atoms. The number of halogens is 1. The lowest BCUT2D eigenvalue weighted by atomic mass is 10.0. The van der Waals surface area contributed by atoms with Crippen LogP contribution in [0.2, 0.25) is 0 Å². The number of fused-ring (bicyclic) bond motifs is 1. The normalized spacial score (nSPS) is 20.2. The van der Waals surface area contributed by atoms with E-state index in [0.29, 0.717) is 13.0 Å². The minimum atomic E-state index is -1.13. The zero-order chi connectivity index (χ0) is 19.1. The quantitative estimate of drug-likeness (QED) is 0.743. The molecule has 0 bridgehead atoms. The SMILES string of the molecule is CNc1c(-c2cnn([C@H]3CCN(C(C)=O)C[C@@H]3F)c2)cnc2[nH]cc(C)c12. The molecule has 1 amide bonds. The zero-order valence-corrected chi connectivity index (χ0v) is 15.7. The number of aryl methyl sites for hydroxylation is 1. The van der Waals surface area contributed by atoms with Crippen LogP contribution in [0.1, 0.15) is 24.9 Å². The van der Waals surface area contributed by atoms with Gasteiger partial charge in [0.2, 0.25) is 5.91 Å². The molecule has 1 aliphatic heterocycles. The first kappa shape index (κ1) is 17.5. The number of nitrogens with one attached hydrogen (secondary N) is 2. The summed E-state index contributed by atoms with van der Waals surface area (Å²) >= 11 is 0. The zero-order valence-electron chi connectivity index (χ0n) is 15.7. The van der Waals surface area contributed by atoms with Crippen molar-refractivity contribution in [1.82, 2.24) is 24.6 Å². The number of H-pyrrole nitrogens is 1. The Balaban J connectivity index is 1.66. The number of hydrogen-bond acceptors (Lipinski definition) is 4. The third-order valence-corrected chi connectivity index (χ3v) is 5.35. The highest BCUT2D eigenvalue weighted by Gasteiger charge is 2.32. The fraction of sp³-hybridized carbons (Fsp3) is 0.421. The summed E-state index contributed by atoms with van der Waals surface area (Å²) in [7, 11) is 1.88. The molecule has 4 rings (SSSR count). The highest BCUT2D eigenvalue weighted by molar-refractivity contribution is 6.00. The van der Waals surface area contributed by atoms with Crippen molar-refractivity contribution in [2.75, 3.05) is 25.5 Å². The van der Waals surface area contributed by atoms with Gasteiger partial charge >= 0.3 is 0 Å². The van der Waals surface area contributed by atoms with Crippen LogP contribution in [-0.4, -0.2) is 56.9 Å². The molecular formula is C19H23FN6O. The number of carbonyl (C=O) groups excluding carboxylic acids is 1. The fourth-order valence-corrected chi connectivity index (χ4v) is 3.87. The molecule has 4 heterocycles.